The molecule has 0 aliphatic carbocycles. The van der Waals surface area contributed by atoms with Crippen molar-refractivity contribution in [3.63, 3.8) is 0 Å². The summed E-state index contributed by atoms with van der Waals surface area (Å²) in [5.41, 5.74) is 0. The lowest BCUT2D eigenvalue weighted by atomic mass is 10.2. The minimum absolute atomic E-state index is 0.0863. The fourth-order valence-corrected chi connectivity index (χ4v) is 3.05. The Morgan fingerprint density at radius 1 is 0.350 bits per heavy atom. The predicted octanol–water partition coefficient (Wildman–Crippen LogP) is 6.65. The van der Waals surface area contributed by atoms with Crippen molar-refractivity contribution in [1.29, 1.82) is 0 Å². The number of unbranched alkanes of at least 4 members (excludes halogenated alkanes) is 2. The second-order valence-corrected chi connectivity index (χ2v) is 8.15. The third kappa shape index (κ3) is 8.75. The fraction of sp³-hybridized carbons (Fsp3) is 0.538. The van der Waals surface area contributed by atoms with Crippen LogP contribution >= 0.6 is 0 Å². The Balaban J connectivity index is 1.71. The van der Waals surface area contributed by atoms with Crippen LogP contribution in [-0.4, -0.2) is 52.9 Å². The average molecular weight is 591 g/mol. The molecule has 0 aliphatic rings. The Bertz CT molecular complexity index is 958. The molecule has 0 unspecified atom stereocenters. The lowest BCUT2D eigenvalue weighted by molar-refractivity contribution is 0.0256. The third-order valence-electron chi connectivity index (χ3n) is 5.17. The molecule has 6 nitrogen and oxygen atoms in total. The van der Waals surface area contributed by atoms with Gasteiger partial charge in [-0.05, 0) is 12.8 Å². The molecule has 14 heteroatoms. The van der Waals surface area contributed by atoms with E-state index in [0.29, 0.717) is 25.7 Å². The zero-order chi connectivity index (χ0) is 29.7. The van der Waals surface area contributed by atoms with Gasteiger partial charge in [-0.15, -0.1) is 0 Å². The minimum atomic E-state index is -1.75. The molecule has 0 atom stereocenters. The van der Waals surface area contributed by atoms with Crippen molar-refractivity contribution in [2.45, 2.75) is 39.5 Å². The van der Waals surface area contributed by atoms with Gasteiger partial charge in [-0.25, -0.2) is 0 Å². The number of rotatable bonds is 19. The standard InChI is InChI=1S/C26H30F8O6/c1-3-5-7-37-23-15(27)19(31)25(20(32)16(23)28)39-13-11-35-9-10-36-12-14-40-26-21(33)17(29)24(18(30)22(26)34)38-8-6-4-2/h3-14H2,1-2H3. The maximum atomic E-state index is 14.1. The molecule has 2 rings (SSSR count). The van der Waals surface area contributed by atoms with Crippen LogP contribution in [0.1, 0.15) is 39.5 Å². The molecule has 2 aromatic rings. The summed E-state index contributed by atoms with van der Waals surface area (Å²) in [4.78, 5) is 0. The normalized spacial score (nSPS) is 11.2. The summed E-state index contributed by atoms with van der Waals surface area (Å²) in [7, 11) is 0. The van der Waals surface area contributed by atoms with Crippen LogP contribution < -0.4 is 18.9 Å². The summed E-state index contributed by atoms with van der Waals surface area (Å²) in [6, 6.07) is 0. The van der Waals surface area contributed by atoms with E-state index in [1.807, 2.05) is 0 Å². The molecule has 0 N–H and O–H groups in total. The first-order valence-corrected chi connectivity index (χ1v) is 12.6. The number of halogens is 8. The van der Waals surface area contributed by atoms with E-state index in [0.717, 1.165) is 0 Å². The van der Waals surface area contributed by atoms with Gasteiger partial charge in [0.1, 0.15) is 13.2 Å². The summed E-state index contributed by atoms with van der Waals surface area (Å²) in [6.45, 7) is 1.71. The molecule has 0 bridgehead atoms. The van der Waals surface area contributed by atoms with Crippen molar-refractivity contribution in [3.05, 3.63) is 46.5 Å². The Hall–Kier alpha value is -3.00. The second kappa shape index (κ2) is 17.0. The van der Waals surface area contributed by atoms with Gasteiger partial charge in [-0.2, -0.15) is 35.1 Å². The monoisotopic (exact) mass is 590 g/mol. The number of hydrogen-bond donors (Lipinski definition) is 0. The van der Waals surface area contributed by atoms with Gasteiger partial charge in [0.05, 0.1) is 39.6 Å². The molecule has 0 saturated carbocycles. The Morgan fingerprint density at radius 2 is 0.575 bits per heavy atom. The van der Waals surface area contributed by atoms with Crippen molar-refractivity contribution in [3.8, 4) is 23.0 Å². The van der Waals surface area contributed by atoms with Crippen molar-refractivity contribution >= 4 is 0 Å². The van der Waals surface area contributed by atoms with Crippen LogP contribution in [-0.2, 0) is 9.47 Å². The Kier molecular flexibility index (Phi) is 14.1. The van der Waals surface area contributed by atoms with E-state index in [1.54, 1.807) is 13.8 Å². The molecule has 226 valence electrons. The molecular weight excluding hydrogens is 560 g/mol. The van der Waals surface area contributed by atoms with E-state index >= 15 is 0 Å². The highest BCUT2D eigenvalue weighted by atomic mass is 19.2. The van der Waals surface area contributed by atoms with E-state index in [4.69, 9.17) is 28.4 Å². The molecule has 0 saturated heterocycles. The van der Waals surface area contributed by atoms with E-state index in [-0.39, 0.29) is 39.6 Å². The summed E-state index contributed by atoms with van der Waals surface area (Å²) in [5, 5.41) is 0. The fourth-order valence-electron chi connectivity index (χ4n) is 3.05. The van der Waals surface area contributed by atoms with Crippen LogP contribution in [0.3, 0.4) is 0 Å². The smallest absolute Gasteiger partial charge is 0.207 e. The molecule has 0 aromatic heterocycles. The summed E-state index contributed by atoms with van der Waals surface area (Å²) in [5.74, 6) is -18.7. The first-order chi connectivity index (χ1) is 19.2. The van der Waals surface area contributed by atoms with Gasteiger partial charge >= 0.3 is 0 Å². The van der Waals surface area contributed by atoms with Crippen molar-refractivity contribution in [1.82, 2.24) is 0 Å². The summed E-state index contributed by atoms with van der Waals surface area (Å²) < 4.78 is 142. The summed E-state index contributed by atoms with van der Waals surface area (Å²) in [6.07, 6.45) is 2.13. The molecule has 0 spiro atoms. The van der Waals surface area contributed by atoms with E-state index < -0.39 is 82.7 Å². The highest BCUT2D eigenvalue weighted by molar-refractivity contribution is 5.39. The van der Waals surface area contributed by atoms with Gasteiger partial charge in [0, 0.05) is 0 Å². The minimum Gasteiger partial charge on any atom is -0.487 e. The van der Waals surface area contributed by atoms with Gasteiger partial charge in [0.25, 0.3) is 0 Å². The second-order valence-electron chi connectivity index (χ2n) is 8.15. The van der Waals surface area contributed by atoms with E-state index in [1.165, 1.54) is 0 Å². The van der Waals surface area contributed by atoms with Gasteiger partial charge < -0.3 is 28.4 Å². The quantitative estimate of drug-likeness (QED) is 0.104. The van der Waals surface area contributed by atoms with Crippen LogP contribution in [0.5, 0.6) is 23.0 Å². The van der Waals surface area contributed by atoms with Crippen LogP contribution in [0, 0.1) is 46.5 Å². The molecule has 0 fully saturated rings. The molecule has 2 aromatic carbocycles. The highest BCUT2D eigenvalue weighted by Gasteiger charge is 2.29. The average Bonchev–Trinajstić information content (AvgIpc) is 2.94. The van der Waals surface area contributed by atoms with Gasteiger partial charge in [0.15, 0.2) is 23.0 Å². The van der Waals surface area contributed by atoms with Crippen LogP contribution in [0.15, 0.2) is 0 Å². The van der Waals surface area contributed by atoms with Gasteiger partial charge in [-0.3, -0.25) is 0 Å². The molecule has 0 heterocycles. The van der Waals surface area contributed by atoms with Crippen LogP contribution in [0.2, 0.25) is 0 Å². The molecule has 0 aliphatic heterocycles. The largest absolute Gasteiger partial charge is 0.487 e. The number of benzene rings is 2. The van der Waals surface area contributed by atoms with Crippen LogP contribution in [0.4, 0.5) is 35.1 Å². The van der Waals surface area contributed by atoms with Crippen molar-refractivity contribution in [2.75, 3.05) is 52.9 Å². The first kappa shape index (κ1) is 33.2. The van der Waals surface area contributed by atoms with Crippen LogP contribution in [0.25, 0.3) is 0 Å². The number of hydrogen-bond acceptors (Lipinski definition) is 6. The van der Waals surface area contributed by atoms with E-state index in [9.17, 15) is 35.1 Å². The molecule has 40 heavy (non-hydrogen) atoms. The topological polar surface area (TPSA) is 55.4 Å². The zero-order valence-corrected chi connectivity index (χ0v) is 22.0. The Labute approximate surface area is 226 Å². The number of ether oxygens (including phenoxy) is 6. The van der Waals surface area contributed by atoms with Gasteiger partial charge in [-0.1, -0.05) is 26.7 Å². The first-order valence-electron chi connectivity index (χ1n) is 12.6. The zero-order valence-electron chi connectivity index (χ0n) is 22.0. The maximum Gasteiger partial charge on any atom is 0.207 e. The van der Waals surface area contributed by atoms with Gasteiger partial charge in [0.2, 0.25) is 46.5 Å². The maximum absolute atomic E-state index is 14.1. The summed E-state index contributed by atoms with van der Waals surface area (Å²) >= 11 is 0. The molecule has 0 amide bonds. The molecular formula is C26H30F8O6. The predicted molar refractivity (Wildman–Crippen MR) is 126 cm³/mol. The van der Waals surface area contributed by atoms with E-state index in [2.05, 4.69) is 0 Å². The third-order valence-corrected chi connectivity index (χ3v) is 5.17. The Morgan fingerprint density at radius 3 is 0.825 bits per heavy atom. The lowest BCUT2D eigenvalue weighted by Crippen LogP contribution is -2.16. The highest BCUT2D eigenvalue weighted by Crippen LogP contribution is 2.36. The lowest BCUT2D eigenvalue weighted by Gasteiger charge is -2.14. The van der Waals surface area contributed by atoms with Crippen molar-refractivity contribution < 1.29 is 63.5 Å². The SMILES string of the molecule is CCCCOc1c(F)c(F)c(OCCOCCOCCOc2c(F)c(F)c(OCCCC)c(F)c2F)c(F)c1F. The van der Waals surface area contributed by atoms with Crippen molar-refractivity contribution in [2.24, 2.45) is 0 Å². The molecule has 0 radical (unpaired) electrons.